The van der Waals surface area contributed by atoms with Gasteiger partial charge in [-0.25, -0.2) is 4.39 Å². The molecule has 1 aliphatic carbocycles. The fraction of sp³-hybridized carbons (Fsp3) is 0.833. The van der Waals surface area contributed by atoms with Gasteiger partial charge in [0.05, 0.1) is 0 Å². The van der Waals surface area contributed by atoms with Crippen LogP contribution in [0.3, 0.4) is 0 Å². The molecule has 1 fully saturated rings. The van der Waals surface area contributed by atoms with Gasteiger partial charge < -0.3 is 5.32 Å². The van der Waals surface area contributed by atoms with Gasteiger partial charge in [0.15, 0.2) is 0 Å². The minimum atomic E-state index is -0.963. The van der Waals surface area contributed by atoms with Crippen molar-refractivity contribution in [1.82, 2.24) is 5.32 Å². The van der Waals surface area contributed by atoms with Crippen molar-refractivity contribution < 1.29 is 4.39 Å². The molecule has 0 atom stereocenters. The smallest absolute Gasteiger partial charge is 0.134 e. The van der Waals surface area contributed by atoms with Crippen molar-refractivity contribution in [2.45, 2.75) is 50.6 Å². The Bertz CT molecular complexity index is 216. The van der Waals surface area contributed by atoms with Crippen LogP contribution in [0.2, 0.25) is 0 Å². The molecule has 1 heterocycles. The van der Waals surface area contributed by atoms with Gasteiger partial charge in [-0.1, -0.05) is 12.5 Å². The summed E-state index contributed by atoms with van der Waals surface area (Å²) >= 11 is 0. The molecule has 80 valence electrons. The quantitative estimate of drug-likeness (QED) is 0.637. The van der Waals surface area contributed by atoms with E-state index in [4.69, 9.17) is 0 Å². The zero-order valence-electron chi connectivity index (χ0n) is 8.82. The summed E-state index contributed by atoms with van der Waals surface area (Å²) in [4.78, 5) is 0. The van der Waals surface area contributed by atoms with Gasteiger partial charge in [-0.15, -0.1) is 0 Å². The zero-order valence-corrected chi connectivity index (χ0v) is 8.82. The van der Waals surface area contributed by atoms with E-state index in [0.717, 1.165) is 31.5 Å². The van der Waals surface area contributed by atoms with Gasteiger partial charge in [0, 0.05) is 0 Å². The molecule has 0 aromatic carbocycles. The van der Waals surface area contributed by atoms with Crippen LogP contribution in [0, 0.1) is 0 Å². The fourth-order valence-electron chi connectivity index (χ4n) is 2.57. The van der Waals surface area contributed by atoms with Gasteiger partial charge in [-0.05, 0) is 57.2 Å². The van der Waals surface area contributed by atoms with Crippen molar-refractivity contribution in [2.24, 2.45) is 0 Å². The average Bonchev–Trinajstić information content (AvgIpc) is 2.47. The van der Waals surface area contributed by atoms with E-state index >= 15 is 0 Å². The van der Waals surface area contributed by atoms with Crippen molar-refractivity contribution in [3.63, 3.8) is 0 Å². The normalized spacial score (nSPS) is 27.9. The minimum absolute atomic E-state index is 0.679. The maximum Gasteiger partial charge on any atom is 0.134 e. The van der Waals surface area contributed by atoms with E-state index in [1.165, 1.54) is 19.3 Å². The molecule has 0 radical (unpaired) electrons. The van der Waals surface area contributed by atoms with Crippen molar-refractivity contribution in [3.05, 3.63) is 11.6 Å². The first-order valence-corrected chi connectivity index (χ1v) is 5.90. The third-order valence-electron chi connectivity index (χ3n) is 3.51. The Morgan fingerprint density at radius 2 is 1.93 bits per heavy atom. The second kappa shape index (κ2) is 4.43. The summed E-state index contributed by atoms with van der Waals surface area (Å²) in [5.74, 6) is 0. The number of piperidine rings is 1. The molecule has 14 heavy (non-hydrogen) atoms. The lowest BCUT2D eigenvalue weighted by molar-refractivity contribution is 0.153. The van der Waals surface area contributed by atoms with Crippen LogP contribution in [0.15, 0.2) is 11.6 Å². The van der Waals surface area contributed by atoms with E-state index in [9.17, 15) is 4.39 Å². The summed E-state index contributed by atoms with van der Waals surface area (Å²) in [7, 11) is 0. The molecule has 1 aliphatic heterocycles. The Labute approximate surface area is 85.8 Å². The molecular weight excluding hydrogens is 177 g/mol. The number of alkyl halides is 1. The average molecular weight is 197 g/mol. The van der Waals surface area contributed by atoms with Crippen molar-refractivity contribution in [2.75, 3.05) is 13.1 Å². The second-order valence-corrected chi connectivity index (χ2v) is 4.54. The van der Waals surface area contributed by atoms with Gasteiger partial charge in [0.25, 0.3) is 0 Å². The Morgan fingerprint density at radius 3 is 2.71 bits per heavy atom. The Balaban J connectivity index is 2.06. The van der Waals surface area contributed by atoms with Gasteiger partial charge in [0.1, 0.15) is 5.67 Å². The van der Waals surface area contributed by atoms with Crippen LogP contribution >= 0.6 is 0 Å². The molecule has 1 N–H and O–H groups in total. The molecule has 0 amide bonds. The fourth-order valence-corrected chi connectivity index (χ4v) is 2.57. The molecule has 0 unspecified atom stereocenters. The molecule has 1 saturated heterocycles. The maximum atomic E-state index is 14.5. The molecule has 2 aliphatic rings. The summed E-state index contributed by atoms with van der Waals surface area (Å²) in [6.45, 7) is 1.68. The van der Waals surface area contributed by atoms with E-state index in [-0.39, 0.29) is 0 Å². The minimum Gasteiger partial charge on any atom is -0.316 e. The van der Waals surface area contributed by atoms with E-state index in [2.05, 4.69) is 11.4 Å². The molecule has 0 aromatic heterocycles. The highest BCUT2D eigenvalue weighted by atomic mass is 19.1. The Hall–Kier alpha value is -0.370. The number of allylic oxidation sites excluding steroid dienone is 2. The highest BCUT2D eigenvalue weighted by Crippen LogP contribution is 2.36. The highest BCUT2D eigenvalue weighted by Gasteiger charge is 2.35. The Kier molecular flexibility index (Phi) is 3.22. The number of hydrogen-bond acceptors (Lipinski definition) is 1. The van der Waals surface area contributed by atoms with Gasteiger partial charge in [-0.3, -0.25) is 0 Å². The molecule has 1 nitrogen and oxygen atoms in total. The first-order valence-electron chi connectivity index (χ1n) is 5.90. The summed E-state index contributed by atoms with van der Waals surface area (Å²) in [6, 6.07) is 0. The molecule has 0 bridgehead atoms. The lowest BCUT2D eigenvalue weighted by atomic mass is 9.84. The van der Waals surface area contributed by atoms with Crippen LogP contribution < -0.4 is 5.32 Å². The summed E-state index contributed by atoms with van der Waals surface area (Å²) in [5.41, 5.74) is 0.145. The summed E-state index contributed by atoms with van der Waals surface area (Å²) in [5, 5.41) is 3.23. The molecule has 2 heteroatoms. The molecule has 0 aromatic rings. The predicted octanol–water partition coefficient (Wildman–Crippen LogP) is 2.97. The third-order valence-corrected chi connectivity index (χ3v) is 3.51. The molecular formula is C12H20FN. The molecule has 0 saturated carbocycles. The molecule has 0 spiro atoms. The number of nitrogens with one attached hydrogen (secondary N) is 1. The van der Waals surface area contributed by atoms with Crippen molar-refractivity contribution in [1.29, 1.82) is 0 Å². The standard InChI is InChI=1S/C12H20FN/c13-12(7-9-14-10-8-12)11-5-3-1-2-4-6-11/h5,14H,1-4,6-10H2. The first kappa shape index (κ1) is 10.2. The lowest BCUT2D eigenvalue weighted by Crippen LogP contribution is -2.40. The highest BCUT2D eigenvalue weighted by molar-refractivity contribution is 5.19. The van der Waals surface area contributed by atoms with Crippen LogP contribution in [0.5, 0.6) is 0 Å². The van der Waals surface area contributed by atoms with Gasteiger partial charge in [-0.2, -0.15) is 0 Å². The monoisotopic (exact) mass is 197 g/mol. The van der Waals surface area contributed by atoms with Gasteiger partial charge in [0.2, 0.25) is 0 Å². The summed E-state index contributed by atoms with van der Waals surface area (Å²) < 4.78 is 14.5. The number of halogens is 1. The third kappa shape index (κ3) is 2.17. The zero-order chi connectivity index (χ0) is 9.86. The van der Waals surface area contributed by atoms with Crippen LogP contribution in [-0.4, -0.2) is 18.8 Å². The van der Waals surface area contributed by atoms with Crippen LogP contribution in [0.1, 0.15) is 44.9 Å². The summed E-state index contributed by atoms with van der Waals surface area (Å²) in [6.07, 6.45) is 9.33. The largest absolute Gasteiger partial charge is 0.316 e. The van der Waals surface area contributed by atoms with E-state index in [0.29, 0.717) is 12.8 Å². The van der Waals surface area contributed by atoms with Crippen LogP contribution in [0.4, 0.5) is 4.39 Å². The second-order valence-electron chi connectivity index (χ2n) is 4.54. The topological polar surface area (TPSA) is 12.0 Å². The SMILES string of the molecule is FC1(C2=CCCCCC2)CCNCC1. The Morgan fingerprint density at radius 1 is 1.14 bits per heavy atom. The van der Waals surface area contributed by atoms with Crippen LogP contribution in [0.25, 0.3) is 0 Å². The van der Waals surface area contributed by atoms with Crippen LogP contribution in [-0.2, 0) is 0 Å². The number of rotatable bonds is 1. The van der Waals surface area contributed by atoms with Gasteiger partial charge >= 0.3 is 0 Å². The van der Waals surface area contributed by atoms with Crippen molar-refractivity contribution in [3.8, 4) is 0 Å². The molecule has 2 rings (SSSR count). The first-order chi connectivity index (χ1) is 6.81. The van der Waals surface area contributed by atoms with E-state index in [1.54, 1.807) is 0 Å². The lowest BCUT2D eigenvalue weighted by Gasteiger charge is -2.32. The van der Waals surface area contributed by atoms with E-state index < -0.39 is 5.67 Å². The number of hydrogen-bond donors (Lipinski definition) is 1. The van der Waals surface area contributed by atoms with Crippen molar-refractivity contribution >= 4 is 0 Å². The predicted molar refractivity (Wildman–Crippen MR) is 57.1 cm³/mol. The maximum absolute atomic E-state index is 14.5. The van der Waals surface area contributed by atoms with E-state index in [1.807, 2.05) is 0 Å².